The van der Waals surface area contributed by atoms with Gasteiger partial charge in [-0.25, -0.2) is 4.98 Å². The van der Waals surface area contributed by atoms with Crippen LogP contribution in [0.2, 0.25) is 0 Å². The average Bonchev–Trinajstić information content (AvgIpc) is 3.34. The second-order valence-electron chi connectivity index (χ2n) is 5.95. The van der Waals surface area contributed by atoms with Gasteiger partial charge in [-0.05, 0) is 49.2 Å². The highest BCUT2D eigenvalue weighted by Crippen LogP contribution is 2.31. The predicted molar refractivity (Wildman–Crippen MR) is 108 cm³/mol. The molecule has 0 aliphatic rings. The molecule has 8 heteroatoms. The number of nitrogens with zero attached hydrogens (tertiary/aromatic N) is 1. The fourth-order valence-electron chi connectivity index (χ4n) is 2.64. The summed E-state index contributed by atoms with van der Waals surface area (Å²) >= 11 is 2.65. The number of aryl methyl sites for hydroxylation is 2. The molecule has 0 aliphatic heterocycles. The first-order chi connectivity index (χ1) is 13.0. The predicted octanol–water partition coefficient (Wildman–Crippen LogP) is 5.07. The summed E-state index contributed by atoms with van der Waals surface area (Å²) < 4.78 is 6.10. The van der Waals surface area contributed by atoms with Crippen LogP contribution in [-0.4, -0.2) is 16.8 Å². The zero-order valence-electron chi connectivity index (χ0n) is 14.5. The number of nitrogens with one attached hydrogen (secondary N) is 2. The van der Waals surface area contributed by atoms with E-state index in [0.29, 0.717) is 15.0 Å². The number of hydrogen-bond donors (Lipinski definition) is 2. The van der Waals surface area contributed by atoms with E-state index < -0.39 is 0 Å². The number of amides is 2. The third kappa shape index (κ3) is 3.49. The van der Waals surface area contributed by atoms with Gasteiger partial charge >= 0.3 is 0 Å². The van der Waals surface area contributed by atoms with Crippen molar-refractivity contribution in [1.82, 2.24) is 4.98 Å². The SMILES string of the molecule is Cc1cc(NC(=O)c2ccco2)sc1C(=O)Nc1nc2c(C)cccc2s1. The maximum Gasteiger partial charge on any atom is 0.291 e. The van der Waals surface area contributed by atoms with Crippen molar-refractivity contribution in [2.45, 2.75) is 13.8 Å². The van der Waals surface area contributed by atoms with Gasteiger partial charge in [0.15, 0.2) is 10.9 Å². The lowest BCUT2D eigenvalue weighted by molar-refractivity contribution is 0.0995. The maximum absolute atomic E-state index is 12.7. The summed E-state index contributed by atoms with van der Waals surface area (Å²) in [5.41, 5.74) is 2.75. The normalized spacial score (nSPS) is 10.9. The standard InChI is InChI=1S/C19H15N3O3S2/c1-10-5-3-7-13-15(10)21-19(26-13)22-18(24)16-11(2)9-14(27-16)20-17(23)12-6-4-8-25-12/h3-9H,1-2H3,(H,20,23)(H,21,22,24). The topological polar surface area (TPSA) is 84.2 Å². The molecule has 0 bridgehead atoms. The van der Waals surface area contributed by atoms with Crippen molar-refractivity contribution in [1.29, 1.82) is 0 Å². The lowest BCUT2D eigenvalue weighted by Gasteiger charge is -2.00. The van der Waals surface area contributed by atoms with E-state index in [4.69, 9.17) is 4.42 Å². The molecule has 0 atom stereocenters. The van der Waals surface area contributed by atoms with E-state index in [1.165, 1.54) is 28.9 Å². The molecule has 6 nitrogen and oxygen atoms in total. The van der Waals surface area contributed by atoms with Gasteiger partial charge in [-0.3, -0.25) is 14.9 Å². The van der Waals surface area contributed by atoms with Gasteiger partial charge in [0, 0.05) is 0 Å². The fourth-order valence-corrected chi connectivity index (χ4v) is 4.55. The molecular weight excluding hydrogens is 382 g/mol. The van der Waals surface area contributed by atoms with Crippen molar-refractivity contribution in [3.63, 3.8) is 0 Å². The molecule has 27 heavy (non-hydrogen) atoms. The van der Waals surface area contributed by atoms with Crippen molar-refractivity contribution in [3.8, 4) is 0 Å². The van der Waals surface area contributed by atoms with Crippen LogP contribution in [0.3, 0.4) is 0 Å². The number of anilines is 2. The van der Waals surface area contributed by atoms with Crippen molar-refractivity contribution in [2.24, 2.45) is 0 Å². The van der Waals surface area contributed by atoms with Crippen molar-refractivity contribution < 1.29 is 14.0 Å². The summed E-state index contributed by atoms with van der Waals surface area (Å²) in [6.07, 6.45) is 1.44. The summed E-state index contributed by atoms with van der Waals surface area (Å²) in [7, 11) is 0. The van der Waals surface area contributed by atoms with E-state index in [-0.39, 0.29) is 17.6 Å². The average molecular weight is 397 g/mol. The molecule has 2 N–H and O–H groups in total. The minimum Gasteiger partial charge on any atom is -0.459 e. The van der Waals surface area contributed by atoms with Gasteiger partial charge in [-0.15, -0.1) is 11.3 Å². The largest absolute Gasteiger partial charge is 0.459 e. The third-order valence-electron chi connectivity index (χ3n) is 3.95. The number of fused-ring (bicyclic) bond motifs is 1. The van der Waals surface area contributed by atoms with Crippen LogP contribution >= 0.6 is 22.7 Å². The number of carbonyl (C=O) groups excluding carboxylic acids is 2. The van der Waals surface area contributed by atoms with E-state index >= 15 is 0 Å². The van der Waals surface area contributed by atoms with Crippen LogP contribution in [-0.2, 0) is 0 Å². The molecule has 1 aromatic carbocycles. The Bertz CT molecular complexity index is 1140. The molecule has 0 saturated heterocycles. The second kappa shape index (κ2) is 6.98. The molecule has 0 saturated carbocycles. The molecule has 136 valence electrons. The highest BCUT2D eigenvalue weighted by Gasteiger charge is 2.18. The minimum absolute atomic E-state index is 0.219. The highest BCUT2D eigenvalue weighted by atomic mass is 32.1. The van der Waals surface area contributed by atoms with Crippen LogP contribution < -0.4 is 10.6 Å². The molecule has 0 unspecified atom stereocenters. The van der Waals surface area contributed by atoms with Gasteiger partial charge in [-0.1, -0.05) is 23.5 Å². The van der Waals surface area contributed by atoms with Crippen LogP contribution in [0.15, 0.2) is 47.1 Å². The Morgan fingerprint density at radius 1 is 1.00 bits per heavy atom. The minimum atomic E-state index is -0.352. The first kappa shape index (κ1) is 17.4. The highest BCUT2D eigenvalue weighted by molar-refractivity contribution is 7.22. The van der Waals surface area contributed by atoms with Gasteiger partial charge in [0.25, 0.3) is 11.8 Å². The third-order valence-corrected chi connectivity index (χ3v) is 6.03. The molecular formula is C19H15N3O3S2. The molecule has 3 aromatic heterocycles. The Hall–Kier alpha value is -2.97. The number of para-hydroxylation sites is 1. The van der Waals surface area contributed by atoms with Crippen LogP contribution in [0, 0.1) is 13.8 Å². The Morgan fingerprint density at radius 3 is 2.59 bits per heavy atom. The molecule has 3 heterocycles. The monoisotopic (exact) mass is 397 g/mol. The van der Waals surface area contributed by atoms with E-state index in [9.17, 15) is 9.59 Å². The second-order valence-corrected chi connectivity index (χ2v) is 8.03. The van der Waals surface area contributed by atoms with Crippen molar-refractivity contribution in [3.05, 3.63) is 64.4 Å². The van der Waals surface area contributed by atoms with Crippen LogP contribution in [0.4, 0.5) is 10.1 Å². The molecule has 0 radical (unpaired) electrons. The Morgan fingerprint density at radius 2 is 1.85 bits per heavy atom. The van der Waals surface area contributed by atoms with E-state index in [2.05, 4.69) is 15.6 Å². The molecule has 4 aromatic rings. The maximum atomic E-state index is 12.7. The number of thiophene rings is 1. The van der Waals surface area contributed by atoms with Gasteiger partial charge in [0.05, 0.1) is 26.4 Å². The number of benzene rings is 1. The van der Waals surface area contributed by atoms with Gasteiger partial charge < -0.3 is 9.73 Å². The number of rotatable bonds is 4. The Labute approximate surface area is 162 Å². The Balaban J connectivity index is 1.52. The quantitative estimate of drug-likeness (QED) is 0.503. The summed E-state index contributed by atoms with van der Waals surface area (Å²) in [6.45, 7) is 3.82. The zero-order chi connectivity index (χ0) is 19.0. The van der Waals surface area contributed by atoms with E-state index in [0.717, 1.165) is 21.3 Å². The molecule has 0 aliphatic carbocycles. The number of furan rings is 1. The van der Waals surface area contributed by atoms with Gasteiger partial charge in [0.1, 0.15) is 0 Å². The smallest absolute Gasteiger partial charge is 0.291 e. The van der Waals surface area contributed by atoms with Crippen molar-refractivity contribution >= 4 is 54.8 Å². The zero-order valence-corrected chi connectivity index (χ0v) is 16.2. The number of aromatic nitrogens is 1. The fraction of sp³-hybridized carbons (Fsp3) is 0.105. The molecule has 4 rings (SSSR count). The summed E-state index contributed by atoms with van der Waals surface area (Å²) in [5.74, 6) is -0.375. The van der Waals surface area contributed by atoms with Crippen LogP contribution in [0.5, 0.6) is 0 Å². The first-order valence-corrected chi connectivity index (χ1v) is 9.77. The number of hydrogen-bond acceptors (Lipinski definition) is 6. The summed E-state index contributed by atoms with van der Waals surface area (Å²) in [6, 6.07) is 10.9. The number of thiazole rings is 1. The lowest BCUT2D eigenvalue weighted by atomic mass is 10.2. The number of carbonyl (C=O) groups is 2. The van der Waals surface area contributed by atoms with E-state index in [1.807, 2.05) is 32.0 Å². The lowest BCUT2D eigenvalue weighted by Crippen LogP contribution is -2.11. The van der Waals surface area contributed by atoms with Crippen molar-refractivity contribution in [2.75, 3.05) is 10.6 Å². The van der Waals surface area contributed by atoms with Crippen LogP contribution in [0.1, 0.15) is 31.4 Å². The van der Waals surface area contributed by atoms with Gasteiger partial charge in [-0.2, -0.15) is 0 Å². The summed E-state index contributed by atoms with van der Waals surface area (Å²) in [4.78, 5) is 29.8. The van der Waals surface area contributed by atoms with Gasteiger partial charge in [0.2, 0.25) is 0 Å². The molecule has 0 spiro atoms. The van der Waals surface area contributed by atoms with E-state index in [1.54, 1.807) is 18.2 Å². The first-order valence-electron chi connectivity index (χ1n) is 8.14. The summed E-state index contributed by atoms with van der Waals surface area (Å²) in [5, 5.41) is 6.74. The molecule has 2 amide bonds. The Kier molecular flexibility index (Phi) is 4.51. The molecule has 0 fully saturated rings. The van der Waals surface area contributed by atoms with Crippen LogP contribution in [0.25, 0.3) is 10.2 Å².